The van der Waals surface area contributed by atoms with Crippen molar-refractivity contribution in [3.05, 3.63) is 59.3 Å². The maximum Gasteiger partial charge on any atom is 0.416 e. The Morgan fingerprint density at radius 2 is 1.84 bits per heavy atom. The van der Waals surface area contributed by atoms with E-state index < -0.39 is 11.7 Å². The van der Waals surface area contributed by atoms with E-state index >= 15 is 0 Å². The highest BCUT2D eigenvalue weighted by Crippen LogP contribution is 2.42. The van der Waals surface area contributed by atoms with Gasteiger partial charge in [-0.3, -0.25) is 0 Å². The molecule has 2 aliphatic rings. The number of hydrogen-bond donors (Lipinski definition) is 1. The van der Waals surface area contributed by atoms with E-state index in [0.717, 1.165) is 54.5 Å². The third-order valence-corrected chi connectivity index (χ3v) is 6.77. The first-order valence-corrected chi connectivity index (χ1v) is 10.8. The first-order chi connectivity index (χ1) is 15.2. The first kappa shape index (κ1) is 21.0. The maximum absolute atomic E-state index is 13.3. The molecule has 1 N–H and O–H groups in total. The molecular weight excluding hydrogens is 415 g/mol. The largest absolute Gasteiger partial charge is 0.416 e. The van der Waals surface area contributed by atoms with Crippen LogP contribution in [0, 0.1) is 12.3 Å². The highest BCUT2D eigenvalue weighted by molar-refractivity contribution is 5.93. The molecule has 2 aliphatic heterocycles. The second kappa shape index (κ2) is 7.33. The summed E-state index contributed by atoms with van der Waals surface area (Å²) < 4.78 is 40.0. The molecule has 2 saturated heterocycles. The van der Waals surface area contributed by atoms with Gasteiger partial charge in [0.2, 0.25) is 0 Å². The fraction of sp³-hybridized carbons (Fsp3) is 0.417. The Morgan fingerprint density at radius 1 is 1.09 bits per heavy atom. The fourth-order valence-electron chi connectivity index (χ4n) is 5.34. The van der Waals surface area contributed by atoms with E-state index in [4.69, 9.17) is 0 Å². The van der Waals surface area contributed by atoms with Gasteiger partial charge in [0.05, 0.1) is 23.0 Å². The highest BCUT2D eigenvalue weighted by Gasteiger charge is 2.50. The van der Waals surface area contributed by atoms with E-state index in [1.807, 2.05) is 13.0 Å². The number of benzene rings is 2. The standard InChI is InChI=1S/C24H26F3N5/c1-15-18(5-4-6-20(15)24(25,26)27)16(2)29-22-10-28-30-21-8-7-17(9-19(21)22)32-13-23(14-32)11-31(3)12-23/h4-10,16H,11-14H2,1-3H3,(H,29,30)/t16-/m1/s1. The van der Waals surface area contributed by atoms with Crippen molar-refractivity contribution in [2.24, 2.45) is 5.41 Å². The van der Waals surface area contributed by atoms with Crippen LogP contribution in [0.25, 0.3) is 10.9 Å². The lowest BCUT2D eigenvalue weighted by atomic mass is 9.73. The Kier molecular flexibility index (Phi) is 4.81. The summed E-state index contributed by atoms with van der Waals surface area (Å²) in [5.74, 6) is 0. The van der Waals surface area contributed by atoms with Gasteiger partial charge in [0, 0.05) is 48.7 Å². The van der Waals surface area contributed by atoms with Gasteiger partial charge < -0.3 is 15.1 Å². The lowest BCUT2D eigenvalue weighted by Gasteiger charge is -2.60. The van der Waals surface area contributed by atoms with Crippen LogP contribution in [0.3, 0.4) is 0 Å². The molecule has 8 heteroatoms. The zero-order chi connectivity index (χ0) is 22.7. The summed E-state index contributed by atoms with van der Waals surface area (Å²) in [6, 6.07) is 10.1. The molecule has 32 heavy (non-hydrogen) atoms. The van der Waals surface area contributed by atoms with E-state index in [1.165, 1.54) is 13.0 Å². The monoisotopic (exact) mass is 441 g/mol. The van der Waals surface area contributed by atoms with Gasteiger partial charge in [0.15, 0.2) is 0 Å². The van der Waals surface area contributed by atoms with Crippen LogP contribution < -0.4 is 10.2 Å². The summed E-state index contributed by atoms with van der Waals surface area (Å²) in [6.45, 7) is 7.76. The average molecular weight is 442 g/mol. The van der Waals surface area contributed by atoms with Gasteiger partial charge in [-0.2, -0.15) is 23.4 Å². The van der Waals surface area contributed by atoms with Gasteiger partial charge in [-0.15, -0.1) is 0 Å². The Bertz CT molecular complexity index is 1160. The number of fused-ring (bicyclic) bond motifs is 1. The molecule has 0 bridgehead atoms. The fourth-order valence-corrected chi connectivity index (χ4v) is 5.34. The molecule has 168 valence electrons. The summed E-state index contributed by atoms with van der Waals surface area (Å²) in [5.41, 5.74) is 3.33. The van der Waals surface area contributed by atoms with E-state index in [0.29, 0.717) is 11.0 Å². The number of aromatic nitrogens is 2. The van der Waals surface area contributed by atoms with Crippen molar-refractivity contribution in [2.75, 3.05) is 43.4 Å². The minimum absolute atomic E-state index is 0.239. The van der Waals surface area contributed by atoms with Crippen LogP contribution in [0.1, 0.15) is 29.7 Å². The molecule has 3 heterocycles. The molecule has 0 aliphatic carbocycles. The number of nitrogens with zero attached hydrogens (tertiary/aromatic N) is 4. The van der Waals surface area contributed by atoms with Gasteiger partial charge in [0.25, 0.3) is 0 Å². The molecule has 0 radical (unpaired) electrons. The number of hydrogen-bond acceptors (Lipinski definition) is 5. The van der Waals surface area contributed by atoms with Crippen molar-refractivity contribution < 1.29 is 13.2 Å². The summed E-state index contributed by atoms with van der Waals surface area (Å²) >= 11 is 0. The van der Waals surface area contributed by atoms with Crippen LogP contribution in [0.15, 0.2) is 42.6 Å². The van der Waals surface area contributed by atoms with Crippen molar-refractivity contribution in [1.82, 2.24) is 15.1 Å². The average Bonchev–Trinajstić information content (AvgIpc) is 2.69. The Morgan fingerprint density at radius 3 is 2.53 bits per heavy atom. The Hall–Kier alpha value is -2.87. The summed E-state index contributed by atoms with van der Waals surface area (Å²) in [5, 5.41) is 12.6. The summed E-state index contributed by atoms with van der Waals surface area (Å²) in [6.07, 6.45) is -2.73. The number of likely N-dealkylation sites (tertiary alicyclic amines) is 1. The molecule has 1 aromatic heterocycles. The lowest BCUT2D eigenvalue weighted by Crippen LogP contribution is -2.71. The van der Waals surface area contributed by atoms with E-state index in [1.54, 1.807) is 12.3 Å². The molecule has 1 atom stereocenters. The van der Waals surface area contributed by atoms with Crippen molar-refractivity contribution >= 4 is 22.3 Å². The molecule has 0 amide bonds. The Labute approximate surface area is 185 Å². The van der Waals surface area contributed by atoms with Gasteiger partial charge in [0.1, 0.15) is 0 Å². The van der Waals surface area contributed by atoms with Crippen LogP contribution in [-0.4, -0.2) is 48.3 Å². The molecule has 2 aromatic carbocycles. The Balaban J connectivity index is 1.41. The van der Waals surface area contributed by atoms with Gasteiger partial charge in [-0.05, 0) is 56.3 Å². The predicted octanol–water partition coefficient (Wildman–Crippen LogP) is 4.88. The van der Waals surface area contributed by atoms with Crippen LogP contribution in [-0.2, 0) is 6.18 Å². The number of anilines is 2. The van der Waals surface area contributed by atoms with Crippen LogP contribution in [0.2, 0.25) is 0 Å². The third kappa shape index (κ3) is 3.56. The SMILES string of the molecule is Cc1c([C@@H](C)Nc2cnnc3ccc(N4CC5(CN(C)C5)C4)cc23)cccc1C(F)(F)F. The molecular formula is C24H26F3N5. The summed E-state index contributed by atoms with van der Waals surface area (Å²) in [7, 11) is 2.15. The molecule has 0 saturated carbocycles. The highest BCUT2D eigenvalue weighted by atomic mass is 19.4. The zero-order valence-electron chi connectivity index (χ0n) is 18.4. The normalized spacial score (nSPS) is 19.0. The van der Waals surface area contributed by atoms with E-state index in [-0.39, 0.29) is 11.6 Å². The van der Waals surface area contributed by atoms with E-state index in [9.17, 15) is 13.2 Å². The smallest absolute Gasteiger partial charge is 0.377 e. The molecule has 5 rings (SSSR count). The molecule has 0 unspecified atom stereocenters. The topological polar surface area (TPSA) is 44.3 Å². The van der Waals surface area contributed by atoms with Crippen LogP contribution in [0.4, 0.5) is 24.5 Å². The van der Waals surface area contributed by atoms with Gasteiger partial charge in [-0.25, -0.2) is 0 Å². The number of rotatable bonds is 4. The third-order valence-electron chi connectivity index (χ3n) is 6.77. The predicted molar refractivity (Wildman–Crippen MR) is 120 cm³/mol. The molecule has 2 fully saturated rings. The number of halogens is 3. The summed E-state index contributed by atoms with van der Waals surface area (Å²) in [4.78, 5) is 4.71. The van der Waals surface area contributed by atoms with Crippen molar-refractivity contribution in [3.8, 4) is 0 Å². The van der Waals surface area contributed by atoms with Crippen molar-refractivity contribution in [2.45, 2.75) is 26.1 Å². The quantitative estimate of drug-likeness (QED) is 0.625. The zero-order valence-corrected chi connectivity index (χ0v) is 18.4. The molecule has 5 nitrogen and oxygen atoms in total. The number of alkyl halides is 3. The van der Waals surface area contributed by atoms with Gasteiger partial charge >= 0.3 is 6.18 Å². The minimum Gasteiger partial charge on any atom is -0.377 e. The number of nitrogens with one attached hydrogen (secondary N) is 1. The molecule has 3 aromatic rings. The van der Waals surface area contributed by atoms with Gasteiger partial charge in [-0.1, -0.05) is 12.1 Å². The van der Waals surface area contributed by atoms with Crippen LogP contribution >= 0.6 is 0 Å². The second-order valence-electron chi connectivity index (χ2n) is 9.37. The lowest BCUT2D eigenvalue weighted by molar-refractivity contribution is -0.138. The maximum atomic E-state index is 13.3. The first-order valence-electron chi connectivity index (χ1n) is 10.8. The van der Waals surface area contributed by atoms with E-state index in [2.05, 4.69) is 44.5 Å². The van der Waals surface area contributed by atoms with Crippen molar-refractivity contribution in [3.63, 3.8) is 0 Å². The minimum atomic E-state index is -4.37. The van der Waals surface area contributed by atoms with Crippen molar-refractivity contribution in [1.29, 1.82) is 0 Å². The van der Waals surface area contributed by atoms with Crippen LogP contribution in [0.5, 0.6) is 0 Å². The molecule has 1 spiro atoms. The second-order valence-corrected chi connectivity index (χ2v) is 9.37.